The Balaban J connectivity index is 1.87. The van der Waals surface area contributed by atoms with Crippen LogP contribution in [0.2, 0.25) is 0 Å². The molecule has 1 saturated heterocycles. The maximum Gasteiger partial charge on any atom is 0.222 e. The molecular weight excluding hydrogens is 224 g/mol. The summed E-state index contributed by atoms with van der Waals surface area (Å²) in [5.41, 5.74) is 0. The van der Waals surface area contributed by atoms with E-state index in [1.807, 2.05) is 0 Å². The molecule has 2 unspecified atom stereocenters. The molecule has 0 aromatic carbocycles. The molecule has 0 bridgehead atoms. The molecule has 0 spiro atoms. The highest BCUT2D eigenvalue weighted by molar-refractivity contribution is 5.76. The van der Waals surface area contributed by atoms with Crippen LogP contribution in [0, 0.1) is 11.8 Å². The normalized spacial score (nSPS) is 27.1. The lowest BCUT2D eigenvalue weighted by Gasteiger charge is -2.27. The molecule has 2 atom stereocenters. The zero-order valence-electron chi connectivity index (χ0n) is 12.0. The van der Waals surface area contributed by atoms with Crippen molar-refractivity contribution in [2.45, 2.75) is 58.4 Å². The van der Waals surface area contributed by atoms with E-state index in [9.17, 15) is 4.79 Å². The highest BCUT2D eigenvalue weighted by atomic mass is 16.2. The van der Waals surface area contributed by atoms with E-state index in [1.54, 1.807) is 0 Å². The van der Waals surface area contributed by atoms with E-state index >= 15 is 0 Å². The maximum atomic E-state index is 12.2. The van der Waals surface area contributed by atoms with Gasteiger partial charge >= 0.3 is 0 Å². The number of nitrogens with zero attached hydrogens (tertiary/aromatic N) is 1. The lowest BCUT2D eigenvalue weighted by Crippen LogP contribution is -2.44. The zero-order valence-corrected chi connectivity index (χ0v) is 12.0. The van der Waals surface area contributed by atoms with E-state index in [4.69, 9.17) is 0 Å². The number of hydrogen-bond donors (Lipinski definition) is 1. The summed E-state index contributed by atoms with van der Waals surface area (Å²) in [5.74, 6) is 1.97. The summed E-state index contributed by atoms with van der Waals surface area (Å²) in [5, 5.41) is 3.56. The van der Waals surface area contributed by atoms with E-state index < -0.39 is 0 Å². The fourth-order valence-electron chi connectivity index (χ4n) is 3.07. The Morgan fingerprint density at radius 3 is 2.67 bits per heavy atom. The Morgan fingerprint density at radius 2 is 2.06 bits per heavy atom. The van der Waals surface area contributed by atoms with E-state index in [0.29, 0.717) is 11.9 Å². The molecule has 1 aliphatic carbocycles. The van der Waals surface area contributed by atoms with Crippen LogP contribution in [0.4, 0.5) is 0 Å². The van der Waals surface area contributed by atoms with Crippen LogP contribution in [0.15, 0.2) is 0 Å². The number of amides is 1. The number of likely N-dealkylation sites (N-methyl/N-ethyl adjacent to an activating group) is 1. The highest BCUT2D eigenvalue weighted by Crippen LogP contribution is 2.33. The van der Waals surface area contributed by atoms with Crippen molar-refractivity contribution in [3.63, 3.8) is 0 Å². The summed E-state index contributed by atoms with van der Waals surface area (Å²) in [6.07, 6.45) is 6.98. The van der Waals surface area contributed by atoms with Crippen molar-refractivity contribution in [3.8, 4) is 0 Å². The molecule has 1 heterocycles. The standard InChI is InChI=1S/C15H28N2O/c1-3-12-5-8-15(18)17(10-9-12)11-14(16-4-2)13-6-7-13/h12-14,16H,3-11H2,1-2H3. The van der Waals surface area contributed by atoms with Gasteiger partial charge in [-0.2, -0.15) is 0 Å². The molecule has 1 N–H and O–H groups in total. The van der Waals surface area contributed by atoms with Gasteiger partial charge in [0.1, 0.15) is 0 Å². The largest absolute Gasteiger partial charge is 0.341 e. The van der Waals surface area contributed by atoms with Crippen LogP contribution in [0.1, 0.15) is 52.4 Å². The van der Waals surface area contributed by atoms with Gasteiger partial charge in [0.2, 0.25) is 5.91 Å². The van der Waals surface area contributed by atoms with Crippen LogP contribution in [0.3, 0.4) is 0 Å². The van der Waals surface area contributed by atoms with Gasteiger partial charge in [-0.15, -0.1) is 0 Å². The van der Waals surface area contributed by atoms with E-state index in [0.717, 1.165) is 44.3 Å². The summed E-state index contributed by atoms with van der Waals surface area (Å²) in [6, 6.07) is 0.539. The first-order valence-corrected chi connectivity index (χ1v) is 7.75. The fraction of sp³-hybridized carbons (Fsp3) is 0.933. The second-order valence-electron chi connectivity index (χ2n) is 5.94. The lowest BCUT2D eigenvalue weighted by atomic mass is 9.98. The Hall–Kier alpha value is -0.570. The third-order valence-corrected chi connectivity index (χ3v) is 4.58. The van der Waals surface area contributed by atoms with Gasteiger partial charge in [-0.3, -0.25) is 4.79 Å². The first kappa shape index (κ1) is 13.9. The molecule has 104 valence electrons. The van der Waals surface area contributed by atoms with Gasteiger partial charge in [0.05, 0.1) is 0 Å². The topological polar surface area (TPSA) is 32.3 Å². The second-order valence-corrected chi connectivity index (χ2v) is 5.94. The van der Waals surface area contributed by atoms with Crippen molar-refractivity contribution in [2.75, 3.05) is 19.6 Å². The quantitative estimate of drug-likeness (QED) is 0.787. The number of likely N-dealkylation sites (tertiary alicyclic amines) is 1. The van der Waals surface area contributed by atoms with Gasteiger partial charge in [-0.25, -0.2) is 0 Å². The molecule has 2 rings (SSSR count). The smallest absolute Gasteiger partial charge is 0.222 e. The fourth-order valence-corrected chi connectivity index (χ4v) is 3.07. The lowest BCUT2D eigenvalue weighted by molar-refractivity contribution is -0.131. The van der Waals surface area contributed by atoms with Crippen LogP contribution < -0.4 is 5.32 Å². The van der Waals surface area contributed by atoms with Gasteiger partial charge < -0.3 is 10.2 Å². The summed E-state index contributed by atoms with van der Waals surface area (Å²) >= 11 is 0. The number of carbonyl (C=O) groups excluding carboxylic acids is 1. The maximum absolute atomic E-state index is 12.2. The van der Waals surface area contributed by atoms with Gasteiger partial charge in [0.15, 0.2) is 0 Å². The first-order chi connectivity index (χ1) is 8.74. The molecule has 3 nitrogen and oxygen atoms in total. The van der Waals surface area contributed by atoms with Gasteiger partial charge in [0.25, 0.3) is 0 Å². The molecule has 2 fully saturated rings. The van der Waals surface area contributed by atoms with Crippen molar-refractivity contribution in [2.24, 2.45) is 11.8 Å². The Bertz CT molecular complexity index is 276. The molecule has 1 aliphatic heterocycles. The summed E-state index contributed by atoms with van der Waals surface area (Å²) < 4.78 is 0. The molecule has 2 aliphatic rings. The van der Waals surface area contributed by atoms with Crippen molar-refractivity contribution in [3.05, 3.63) is 0 Å². The molecule has 1 amide bonds. The van der Waals surface area contributed by atoms with Crippen LogP contribution in [-0.2, 0) is 4.79 Å². The Morgan fingerprint density at radius 1 is 1.28 bits per heavy atom. The Kier molecular flexibility index (Phi) is 5.04. The number of rotatable bonds is 6. The number of hydrogen-bond acceptors (Lipinski definition) is 2. The van der Waals surface area contributed by atoms with Crippen molar-refractivity contribution in [1.29, 1.82) is 0 Å². The molecule has 3 heteroatoms. The average molecular weight is 252 g/mol. The van der Waals surface area contributed by atoms with E-state index in [-0.39, 0.29) is 0 Å². The molecular formula is C15H28N2O. The van der Waals surface area contributed by atoms with Crippen LogP contribution in [0.25, 0.3) is 0 Å². The molecule has 0 aromatic rings. The predicted octanol–water partition coefficient (Wildman–Crippen LogP) is 2.41. The SMILES string of the molecule is CCNC(CN1CCC(CC)CCC1=O)C1CC1. The molecule has 1 saturated carbocycles. The molecule has 18 heavy (non-hydrogen) atoms. The zero-order chi connectivity index (χ0) is 13.0. The number of nitrogens with one attached hydrogen (secondary N) is 1. The highest BCUT2D eigenvalue weighted by Gasteiger charge is 2.33. The predicted molar refractivity (Wildman–Crippen MR) is 74.4 cm³/mol. The average Bonchev–Trinajstić information content (AvgIpc) is 3.19. The minimum Gasteiger partial charge on any atom is -0.341 e. The van der Waals surface area contributed by atoms with Crippen molar-refractivity contribution in [1.82, 2.24) is 10.2 Å². The van der Waals surface area contributed by atoms with E-state index in [1.165, 1.54) is 25.7 Å². The third kappa shape index (κ3) is 3.71. The summed E-state index contributed by atoms with van der Waals surface area (Å²) in [7, 11) is 0. The second kappa shape index (κ2) is 6.55. The van der Waals surface area contributed by atoms with Crippen LogP contribution >= 0.6 is 0 Å². The van der Waals surface area contributed by atoms with Gasteiger partial charge in [0, 0.05) is 25.6 Å². The summed E-state index contributed by atoms with van der Waals surface area (Å²) in [6.45, 7) is 7.34. The minimum atomic E-state index is 0.384. The number of carbonyl (C=O) groups is 1. The van der Waals surface area contributed by atoms with Crippen LogP contribution in [0.5, 0.6) is 0 Å². The minimum absolute atomic E-state index is 0.384. The monoisotopic (exact) mass is 252 g/mol. The molecule has 0 aromatic heterocycles. The summed E-state index contributed by atoms with van der Waals surface area (Å²) in [4.78, 5) is 14.3. The van der Waals surface area contributed by atoms with Gasteiger partial charge in [-0.1, -0.05) is 20.3 Å². The molecule has 0 radical (unpaired) electrons. The van der Waals surface area contributed by atoms with E-state index in [2.05, 4.69) is 24.1 Å². The van der Waals surface area contributed by atoms with Gasteiger partial charge in [-0.05, 0) is 44.1 Å². The van der Waals surface area contributed by atoms with Crippen molar-refractivity contribution >= 4 is 5.91 Å². The van der Waals surface area contributed by atoms with Crippen LogP contribution in [-0.4, -0.2) is 36.5 Å². The Labute approximate surface area is 111 Å². The third-order valence-electron chi connectivity index (χ3n) is 4.58. The first-order valence-electron chi connectivity index (χ1n) is 7.75. The van der Waals surface area contributed by atoms with Crippen molar-refractivity contribution < 1.29 is 4.79 Å².